The third-order valence-corrected chi connectivity index (χ3v) is 0.733. The van der Waals surface area contributed by atoms with Gasteiger partial charge < -0.3 is 5.41 Å². The molecule has 0 aliphatic heterocycles. The molecule has 0 rings (SSSR count). The maximum atomic E-state index is 6.62. The van der Waals surface area contributed by atoms with Gasteiger partial charge in [0.1, 0.15) is 0 Å². The normalized spacial score (nSPS) is 12.1. The van der Waals surface area contributed by atoms with Crippen LogP contribution in [0.5, 0.6) is 0 Å². The van der Waals surface area contributed by atoms with Gasteiger partial charge in [-0.05, 0) is 13.0 Å². The topological polar surface area (TPSA) is 23.9 Å². The number of allylic oxidation sites excluding steroid dienone is 6. The molecule has 0 radical (unpaired) electrons. The molecule has 0 bridgehead atoms. The number of rotatable bonds is 3. The van der Waals surface area contributed by atoms with Crippen molar-refractivity contribution in [3.05, 3.63) is 36.5 Å². The van der Waals surface area contributed by atoms with Gasteiger partial charge in [-0.2, -0.15) is 0 Å². The van der Waals surface area contributed by atoms with Crippen LogP contribution in [0.25, 0.3) is 0 Å². The van der Waals surface area contributed by atoms with Gasteiger partial charge in [0.15, 0.2) is 0 Å². The van der Waals surface area contributed by atoms with Crippen molar-refractivity contribution in [3.8, 4) is 0 Å². The third kappa shape index (κ3) is 6.89. The van der Waals surface area contributed by atoms with Gasteiger partial charge in [0, 0.05) is 6.21 Å². The van der Waals surface area contributed by atoms with E-state index in [1.54, 1.807) is 6.08 Å². The minimum absolute atomic E-state index is 1.25. The van der Waals surface area contributed by atoms with Crippen LogP contribution in [0, 0.1) is 5.41 Å². The van der Waals surface area contributed by atoms with E-state index in [-0.39, 0.29) is 0 Å². The zero-order valence-electron chi connectivity index (χ0n) is 5.54. The Balaban J connectivity index is 3.46. The fraction of sp³-hybridized carbons (Fsp3) is 0.125. The van der Waals surface area contributed by atoms with Crippen LogP contribution in [0.2, 0.25) is 0 Å². The van der Waals surface area contributed by atoms with Crippen LogP contribution in [-0.2, 0) is 0 Å². The van der Waals surface area contributed by atoms with Crippen molar-refractivity contribution in [1.29, 1.82) is 5.41 Å². The van der Waals surface area contributed by atoms with Crippen molar-refractivity contribution >= 4 is 6.21 Å². The second-order valence-corrected chi connectivity index (χ2v) is 1.46. The molecule has 0 unspecified atom stereocenters. The highest BCUT2D eigenvalue weighted by Gasteiger charge is 1.57. The van der Waals surface area contributed by atoms with Crippen LogP contribution < -0.4 is 0 Å². The van der Waals surface area contributed by atoms with Gasteiger partial charge in [-0.25, -0.2) is 0 Å². The summed E-state index contributed by atoms with van der Waals surface area (Å²) in [4.78, 5) is 0. The van der Waals surface area contributed by atoms with Crippen molar-refractivity contribution in [2.45, 2.75) is 6.92 Å². The van der Waals surface area contributed by atoms with Crippen LogP contribution >= 0.6 is 0 Å². The third-order valence-electron chi connectivity index (χ3n) is 0.733. The Labute approximate surface area is 55.9 Å². The molecule has 0 atom stereocenters. The largest absolute Gasteiger partial charge is 0.309 e. The van der Waals surface area contributed by atoms with Crippen LogP contribution in [0.15, 0.2) is 36.5 Å². The molecule has 1 heteroatoms. The van der Waals surface area contributed by atoms with Gasteiger partial charge in [-0.15, -0.1) is 0 Å². The second kappa shape index (κ2) is 6.89. The van der Waals surface area contributed by atoms with Crippen molar-refractivity contribution in [2.24, 2.45) is 0 Å². The standard InChI is InChI=1S/C8H11N/c1-2-3-4-5-6-7-8-9/h2-9H,1H3/b3-2+,5-4+,7-6+,9-8?. The summed E-state index contributed by atoms with van der Waals surface area (Å²) in [5.41, 5.74) is 0. The van der Waals surface area contributed by atoms with E-state index >= 15 is 0 Å². The van der Waals surface area contributed by atoms with E-state index in [2.05, 4.69) is 0 Å². The molecule has 0 aliphatic carbocycles. The Bertz CT molecular complexity index is 141. The highest BCUT2D eigenvalue weighted by atomic mass is 14.3. The van der Waals surface area contributed by atoms with Gasteiger partial charge >= 0.3 is 0 Å². The molecule has 0 amide bonds. The molecule has 0 saturated heterocycles. The molecule has 0 fully saturated rings. The van der Waals surface area contributed by atoms with Crippen molar-refractivity contribution in [3.63, 3.8) is 0 Å². The minimum Gasteiger partial charge on any atom is -0.309 e. The van der Waals surface area contributed by atoms with Crippen LogP contribution in [0.1, 0.15) is 6.92 Å². The summed E-state index contributed by atoms with van der Waals surface area (Å²) in [5, 5.41) is 6.62. The van der Waals surface area contributed by atoms with Crippen molar-refractivity contribution in [1.82, 2.24) is 0 Å². The van der Waals surface area contributed by atoms with Gasteiger partial charge in [-0.1, -0.05) is 30.4 Å². The predicted octanol–water partition coefficient (Wildman–Crippen LogP) is 2.32. The van der Waals surface area contributed by atoms with Crippen molar-refractivity contribution < 1.29 is 0 Å². The Morgan fingerprint density at radius 3 is 2.00 bits per heavy atom. The zero-order chi connectivity index (χ0) is 6.95. The molecular weight excluding hydrogens is 110 g/mol. The quantitative estimate of drug-likeness (QED) is 0.437. The van der Waals surface area contributed by atoms with Gasteiger partial charge in [0.2, 0.25) is 0 Å². The van der Waals surface area contributed by atoms with E-state index in [9.17, 15) is 0 Å². The van der Waals surface area contributed by atoms with E-state index < -0.39 is 0 Å². The Hall–Kier alpha value is -1.11. The summed E-state index contributed by atoms with van der Waals surface area (Å²) in [7, 11) is 0. The first-order valence-corrected chi connectivity index (χ1v) is 2.87. The molecule has 0 aromatic rings. The fourth-order valence-corrected chi connectivity index (χ4v) is 0.359. The van der Waals surface area contributed by atoms with E-state index in [0.29, 0.717) is 0 Å². The highest BCUT2D eigenvalue weighted by Crippen LogP contribution is 1.77. The molecule has 1 nitrogen and oxygen atoms in total. The van der Waals surface area contributed by atoms with E-state index in [4.69, 9.17) is 5.41 Å². The number of nitrogens with one attached hydrogen (secondary N) is 1. The second-order valence-electron chi connectivity index (χ2n) is 1.46. The molecule has 0 spiro atoms. The maximum absolute atomic E-state index is 6.62. The molecule has 9 heavy (non-hydrogen) atoms. The summed E-state index contributed by atoms with van der Waals surface area (Å²) in [6.45, 7) is 1.96. The minimum atomic E-state index is 1.25. The number of hydrogen-bond donors (Lipinski definition) is 1. The van der Waals surface area contributed by atoms with E-state index in [0.717, 1.165) is 0 Å². The van der Waals surface area contributed by atoms with E-state index in [1.165, 1.54) is 6.21 Å². The van der Waals surface area contributed by atoms with Gasteiger partial charge in [0.25, 0.3) is 0 Å². The van der Waals surface area contributed by atoms with Crippen molar-refractivity contribution in [2.75, 3.05) is 0 Å². The SMILES string of the molecule is C/C=C/C=C/C=C/C=N. The molecule has 0 heterocycles. The van der Waals surface area contributed by atoms with Gasteiger partial charge in [0.05, 0.1) is 0 Å². The lowest BCUT2D eigenvalue weighted by molar-refractivity contribution is 1.58. The summed E-state index contributed by atoms with van der Waals surface area (Å²) in [6.07, 6.45) is 12.4. The molecule has 0 aromatic heterocycles. The average Bonchev–Trinajstić information content (AvgIpc) is 1.89. The maximum Gasteiger partial charge on any atom is 0.0177 e. The average molecular weight is 121 g/mol. The highest BCUT2D eigenvalue weighted by molar-refractivity contribution is 5.68. The molecule has 1 N–H and O–H groups in total. The lowest BCUT2D eigenvalue weighted by Gasteiger charge is -1.69. The monoisotopic (exact) mass is 121 g/mol. The first kappa shape index (κ1) is 7.89. The first-order valence-electron chi connectivity index (χ1n) is 2.87. The lowest BCUT2D eigenvalue weighted by Crippen LogP contribution is -1.53. The first-order chi connectivity index (χ1) is 4.41. The summed E-state index contributed by atoms with van der Waals surface area (Å²) < 4.78 is 0. The Morgan fingerprint density at radius 2 is 1.44 bits per heavy atom. The Kier molecular flexibility index (Phi) is 6.04. The van der Waals surface area contributed by atoms with Gasteiger partial charge in [-0.3, -0.25) is 0 Å². The molecular formula is C8H11N. The van der Waals surface area contributed by atoms with Crippen LogP contribution in [0.3, 0.4) is 0 Å². The molecule has 0 aromatic carbocycles. The fourth-order valence-electron chi connectivity index (χ4n) is 0.359. The number of hydrogen-bond acceptors (Lipinski definition) is 1. The summed E-state index contributed by atoms with van der Waals surface area (Å²) >= 11 is 0. The van der Waals surface area contributed by atoms with E-state index in [1.807, 2.05) is 37.3 Å². The predicted molar refractivity (Wildman–Crippen MR) is 41.9 cm³/mol. The summed E-state index contributed by atoms with van der Waals surface area (Å²) in [6, 6.07) is 0. The van der Waals surface area contributed by atoms with Crippen LogP contribution in [-0.4, -0.2) is 6.21 Å². The Morgan fingerprint density at radius 1 is 0.889 bits per heavy atom. The lowest BCUT2D eigenvalue weighted by atomic mass is 10.4. The van der Waals surface area contributed by atoms with Crippen LogP contribution in [0.4, 0.5) is 0 Å². The smallest absolute Gasteiger partial charge is 0.0177 e. The molecule has 0 aliphatic rings. The molecule has 0 saturated carbocycles. The summed E-state index contributed by atoms with van der Waals surface area (Å²) in [5.74, 6) is 0. The molecule has 48 valence electrons. The zero-order valence-corrected chi connectivity index (χ0v) is 5.54.